The van der Waals surface area contributed by atoms with E-state index in [0.29, 0.717) is 22.6 Å². The third-order valence-electron chi connectivity index (χ3n) is 5.50. The Morgan fingerprint density at radius 2 is 1.94 bits per heavy atom. The molecule has 1 heterocycles. The first-order valence-corrected chi connectivity index (χ1v) is 10.2. The van der Waals surface area contributed by atoms with Crippen molar-refractivity contribution in [1.82, 2.24) is 0 Å². The number of nitrogens with two attached hydrogens (primary N) is 1. The van der Waals surface area contributed by atoms with Crippen LogP contribution < -0.4 is 19.9 Å². The van der Waals surface area contributed by atoms with Gasteiger partial charge in [0, 0.05) is 11.6 Å². The molecule has 0 bridgehead atoms. The van der Waals surface area contributed by atoms with Crippen molar-refractivity contribution in [3.8, 4) is 23.3 Å². The zero-order chi connectivity index (χ0) is 23.5. The molecular formula is C26H21FN2O4. The summed E-state index contributed by atoms with van der Waals surface area (Å²) >= 11 is 0. The SMILES string of the molecule is Cc1cccc(OCC(=O)Oc2ccc3c(c2)OC(N)=C(C#N)C3c2cccc(F)c2)c1C. The van der Waals surface area contributed by atoms with E-state index < -0.39 is 17.7 Å². The normalized spacial score (nSPS) is 14.7. The van der Waals surface area contributed by atoms with Crippen LogP contribution in [0.15, 0.2) is 72.1 Å². The van der Waals surface area contributed by atoms with Gasteiger partial charge >= 0.3 is 5.97 Å². The Hall–Kier alpha value is -4.31. The Labute approximate surface area is 190 Å². The van der Waals surface area contributed by atoms with Crippen LogP contribution in [-0.2, 0) is 4.79 Å². The lowest BCUT2D eigenvalue weighted by Gasteiger charge is -2.26. The number of allylic oxidation sites excluding steroid dienone is 1. The molecule has 1 unspecified atom stereocenters. The topological polar surface area (TPSA) is 94.6 Å². The average Bonchev–Trinajstić information content (AvgIpc) is 2.79. The minimum atomic E-state index is -0.605. The molecule has 0 radical (unpaired) electrons. The molecule has 6 nitrogen and oxygen atoms in total. The number of hydrogen-bond donors (Lipinski definition) is 1. The first-order chi connectivity index (χ1) is 15.9. The lowest BCUT2D eigenvalue weighted by Crippen LogP contribution is -2.22. The van der Waals surface area contributed by atoms with Crippen LogP contribution in [0.4, 0.5) is 4.39 Å². The van der Waals surface area contributed by atoms with Crippen molar-refractivity contribution in [2.24, 2.45) is 5.73 Å². The molecule has 0 saturated heterocycles. The second kappa shape index (κ2) is 9.05. The molecule has 1 aliphatic heterocycles. The molecule has 4 rings (SSSR count). The number of nitrogens with zero attached hydrogens (tertiary/aromatic N) is 1. The maximum Gasteiger partial charge on any atom is 0.349 e. The lowest BCUT2D eigenvalue weighted by atomic mass is 9.83. The molecule has 7 heteroatoms. The maximum absolute atomic E-state index is 13.8. The number of carbonyl (C=O) groups excluding carboxylic acids is 1. The van der Waals surface area contributed by atoms with Crippen molar-refractivity contribution in [1.29, 1.82) is 5.26 Å². The molecule has 0 spiro atoms. The first kappa shape index (κ1) is 21.9. The fourth-order valence-corrected chi connectivity index (χ4v) is 3.71. The van der Waals surface area contributed by atoms with E-state index in [-0.39, 0.29) is 23.8 Å². The number of fused-ring (bicyclic) bond motifs is 1. The molecule has 2 N–H and O–H groups in total. The van der Waals surface area contributed by atoms with Gasteiger partial charge in [-0.25, -0.2) is 9.18 Å². The Kier molecular flexibility index (Phi) is 6.01. The highest BCUT2D eigenvalue weighted by Gasteiger charge is 2.31. The summed E-state index contributed by atoms with van der Waals surface area (Å²) in [6.45, 7) is 3.61. The van der Waals surface area contributed by atoms with Gasteiger partial charge in [0.25, 0.3) is 0 Å². The Bertz CT molecular complexity index is 1310. The van der Waals surface area contributed by atoms with E-state index in [2.05, 4.69) is 6.07 Å². The zero-order valence-corrected chi connectivity index (χ0v) is 18.1. The smallest absolute Gasteiger partial charge is 0.349 e. The molecule has 33 heavy (non-hydrogen) atoms. The molecule has 166 valence electrons. The zero-order valence-electron chi connectivity index (χ0n) is 18.1. The van der Waals surface area contributed by atoms with Crippen molar-refractivity contribution in [3.63, 3.8) is 0 Å². The van der Waals surface area contributed by atoms with Gasteiger partial charge in [0.1, 0.15) is 34.7 Å². The van der Waals surface area contributed by atoms with Gasteiger partial charge in [-0.2, -0.15) is 5.26 Å². The standard InChI is InChI=1S/C26H21FN2O4/c1-15-5-3-8-22(16(15)2)31-14-24(30)32-19-9-10-20-23(12-19)33-26(29)21(13-28)25(20)17-6-4-7-18(27)11-17/h3-12,25H,14,29H2,1-2H3. The van der Waals surface area contributed by atoms with Crippen LogP contribution in [0.25, 0.3) is 0 Å². The van der Waals surface area contributed by atoms with Crippen LogP contribution in [-0.4, -0.2) is 12.6 Å². The Morgan fingerprint density at radius 1 is 1.15 bits per heavy atom. The molecular weight excluding hydrogens is 423 g/mol. The van der Waals surface area contributed by atoms with Crippen LogP contribution >= 0.6 is 0 Å². The molecule has 0 aromatic heterocycles. The summed E-state index contributed by atoms with van der Waals surface area (Å²) in [5.41, 5.74) is 9.33. The van der Waals surface area contributed by atoms with Crippen molar-refractivity contribution in [3.05, 3.63) is 100 Å². The number of aryl methyl sites for hydroxylation is 1. The fourth-order valence-electron chi connectivity index (χ4n) is 3.71. The molecule has 1 aliphatic rings. The second-order valence-corrected chi connectivity index (χ2v) is 7.64. The number of halogens is 1. The molecule has 1 atom stereocenters. The molecule has 0 amide bonds. The van der Waals surface area contributed by atoms with Crippen LogP contribution in [0, 0.1) is 31.0 Å². The summed E-state index contributed by atoms with van der Waals surface area (Å²) in [5.74, 6) is -0.537. The molecule has 3 aromatic carbocycles. The van der Waals surface area contributed by atoms with Crippen molar-refractivity contribution >= 4 is 5.97 Å². The number of nitriles is 1. The predicted octanol–water partition coefficient (Wildman–Crippen LogP) is 4.65. The predicted molar refractivity (Wildman–Crippen MR) is 119 cm³/mol. The summed E-state index contributed by atoms with van der Waals surface area (Å²) in [4.78, 5) is 12.3. The average molecular weight is 444 g/mol. The molecule has 0 saturated carbocycles. The van der Waals surface area contributed by atoms with Crippen molar-refractivity contribution in [2.75, 3.05) is 6.61 Å². The molecule has 0 fully saturated rings. The largest absolute Gasteiger partial charge is 0.482 e. The van der Waals surface area contributed by atoms with Gasteiger partial charge in [0.15, 0.2) is 6.61 Å². The van der Waals surface area contributed by atoms with Crippen LogP contribution in [0.2, 0.25) is 0 Å². The Morgan fingerprint density at radius 3 is 2.70 bits per heavy atom. The van der Waals surface area contributed by atoms with Crippen LogP contribution in [0.1, 0.15) is 28.2 Å². The van der Waals surface area contributed by atoms with E-state index in [4.69, 9.17) is 19.9 Å². The quantitative estimate of drug-likeness (QED) is 0.455. The summed E-state index contributed by atoms with van der Waals surface area (Å²) in [7, 11) is 0. The van der Waals surface area contributed by atoms with Crippen LogP contribution in [0.5, 0.6) is 17.2 Å². The number of benzene rings is 3. The van der Waals surface area contributed by atoms with Gasteiger partial charge in [-0.3, -0.25) is 0 Å². The first-order valence-electron chi connectivity index (χ1n) is 10.2. The van der Waals surface area contributed by atoms with E-state index >= 15 is 0 Å². The number of hydrogen-bond acceptors (Lipinski definition) is 6. The highest BCUT2D eigenvalue weighted by atomic mass is 19.1. The van der Waals surface area contributed by atoms with Gasteiger partial charge in [-0.1, -0.05) is 30.3 Å². The number of carbonyl (C=O) groups is 1. The molecule has 3 aromatic rings. The van der Waals surface area contributed by atoms with Gasteiger partial charge in [-0.15, -0.1) is 0 Å². The third kappa shape index (κ3) is 4.51. The van der Waals surface area contributed by atoms with Crippen molar-refractivity contribution < 1.29 is 23.4 Å². The van der Waals surface area contributed by atoms with E-state index in [9.17, 15) is 14.4 Å². The lowest BCUT2D eigenvalue weighted by molar-refractivity contribution is -0.136. The Balaban J connectivity index is 1.55. The van der Waals surface area contributed by atoms with E-state index in [0.717, 1.165) is 11.1 Å². The van der Waals surface area contributed by atoms with Gasteiger partial charge in [-0.05, 0) is 54.8 Å². The molecule has 0 aliphatic carbocycles. The van der Waals surface area contributed by atoms with Crippen LogP contribution in [0.3, 0.4) is 0 Å². The summed E-state index contributed by atoms with van der Waals surface area (Å²) in [5, 5.41) is 9.61. The number of rotatable bonds is 5. The minimum absolute atomic E-state index is 0.0824. The highest BCUT2D eigenvalue weighted by Crippen LogP contribution is 2.43. The fraction of sp³-hybridized carbons (Fsp3) is 0.154. The number of ether oxygens (including phenoxy) is 3. The van der Waals surface area contributed by atoms with E-state index in [1.54, 1.807) is 30.3 Å². The highest BCUT2D eigenvalue weighted by molar-refractivity contribution is 5.74. The second-order valence-electron chi connectivity index (χ2n) is 7.64. The van der Waals surface area contributed by atoms with Crippen molar-refractivity contribution in [2.45, 2.75) is 19.8 Å². The van der Waals surface area contributed by atoms with Gasteiger partial charge < -0.3 is 19.9 Å². The maximum atomic E-state index is 13.8. The monoisotopic (exact) mass is 444 g/mol. The minimum Gasteiger partial charge on any atom is -0.482 e. The summed E-state index contributed by atoms with van der Waals surface area (Å²) < 4.78 is 30.4. The van der Waals surface area contributed by atoms with Gasteiger partial charge in [0.2, 0.25) is 5.88 Å². The van der Waals surface area contributed by atoms with E-state index in [1.165, 1.54) is 18.2 Å². The summed E-state index contributed by atoms with van der Waals surface area (Å²) in [6.07, 6.45) is 0. The summed E-state index contributed by atoms with van der Waals surface area (Å²) in [6, 6.07) is 18.4. The third-order valence-corrected chi connectivity index (χ3v) is 5.50. The number of esters is 1. The van der Waals surface area contributed by atoms with Gasteiger partial charge in [0.05, 0.1) is 5.92 Å². The van der Waals surface area contributed by atoms with E-state index in [1.807, 2.05) is 26.0 Å².